The predicted molar refractivity (Wildman–Crippen MR) is 47.4 cm³/mol. The van der Waals surface area contributed by atoms with E-state index in [1.165, 1.54) is 0 Å². The number of fused-ring (bicyclic) bond motifs is 1. The first-order valence-corrected chi connectivity index (χ1v) is 3.58. The molecular weight excluding hydrogens is 152 g/mol. The smallest absolute Gasteiger partial charge is 0.256 e. The van der Waals surface area contributed by atoms with Crippen LogP contribution in [0.25, 0.3) is 5.70 Å². The van der Waals surface area contributed by atoms with Crippen molar-refractivity contribution in [3.05, 3.63) is 35.9 Å². The Hall–Kier alpha value is -1.77. The first-order valence-electron chi connectivity index (χ1n) is 3.58. The van der Waals surface area contributed by atoms with Crippen LogP contribution in [0.3, 0.4) is 0 Å². The van der Waals surface area contributed by atoms with Crippen LogP contribution in [0.4, 0.5) is 5.69 Å². The summed E-state index contributed by atoms with van der Waals surface area (Å²) in [4.78, 5) is 11.2. The molecule has 1 aromatic carbocycles. The van der Waals surface area contributed by atoms with Gasteiger partial charge in [0.05, 0.1) is 0 Å². The van der Waals surface area contributed by atoms with Gasteiger partial charge in [0.15, 0.2) is 0 Å². The van der Waals surface area contributed by atoms with Crippen molar-refractivity contribution in [2.24, 2.45) is 0 Å². The van der Waals surface area contributed by atoms with Gasteiger partial charge in [0.1, 0.15) is 0 Å². The molecule has 1 aliphatic heterocycles. The summed E-state index contributed by atoms with van der Waals surface area (Å²) in [5.41, 5.74) is 8.28. The van der Waals surface area contributed by atoms with Crippen LogP contribution in [0.1, 0.15) is 15.9 Å². The van der Waals surface area contributed by atoms with Crippen molar-refractivity contribution < 1.29 is 4.79 Å². The summed E-state index contributed by atoms with van der Waals surface area (Å²) in [6.07, 6.45) is 0. The molecule has 12 heavy (non-hydrogen) atoms. The topological polar surface area (TPSA) is 55.1 Å². The van der Waals surface area contributed by atoms with E-state index in [0.717, 1.165) is 5.56 Å². The van der Waals surface area contributed by atoms with Crippen molar-refractivity contribution in [2.45, 2.75) is 0 Å². The molecule has 0 fully saturated rings. The van der Waals surface area contributed by atoms with E-state index in [1.54, 1.807) is 18.2 Å². The maximum Gasteiger partial charge on any atom is 0.256 e. The molecule has 0 saturated carbocycles. The van der Waals surface area contributed by atoms with Crippen molar-refractivity contribution in [3.8, 4) is 0 Å². The zero-order valence-electron chi connectivity index (χ0n) is 6.42. The molecule has 0 saturated heterocycles. The average Bonchev–Trinajstić information content (AvgIpc) is 2.28. The van der Waals surface area contributed by atoms with E-state index in [0.29, 0.717) is 16.9 Å². The van der Waals surface area contributed by atoms with Crippen molar-refractivity contribution in [1.29, 1.82) is 0 Å². The minimum atomic E-state index is -0.102. The largest absolute Gasteiger partial charge is 0.399 e. The van der Waals surface area contributed by atoms with Crippen LogP contribution < -0.4 is 11.1 Å². The fourth-order valence-electron chi connectivity index (χ4n) is 1.28. The van der Waals surface area contributed by atoms with Gasteiger partial charge in [-0.2, -0.15) is 0 Å². The molecule has 1 heterocycles. The average molecular weight is 160 g/mol. The second kappa shape index (κ2) is 2.11. The van der Waals surface area contributed by atoms with Crippen LogP contribution in [0.5, 0.6) is 0 Å². The maximum atomic E-state index is 11.2. The van der Waals surface area contributed by atoms with Gasteiger partial charge in [-0.05, 0) is 18.2 Å². The van der Waals surface area contributed by atoms with Gasteiger partial charge in [-0.3, -0.25) is 4.79 Å². The number of nitrogens with one attached hydrogen (secondary N) is 1. The zero-order chi connectivity index (χ0) is 8.72. The van der Waals surface area contributed by atoms with E-state index in [2.05, 4.69) is 11.9 Å². The van der Waals surface area contributed by atoms with Crippen molar-refractivity contribution >= 4 is 17.3 Å². The third-order valence-electron chi connectivity index (χ3n) is 1.88. The number of amides is 1. The lowest BCUT2D eigenvalue weighted by Crippen LogP contribution is -2.11. The van der Waals surface area contributed by atoms with Crippen molar-refractivity contribution in [2.75, 3.05) is 5.73 Å². The maximum absolute atomic E-state index is 11.2. The number of nitrogen functional groups attached to an aromatic ring is 1. The minimum absolute atomic E-state index is 0.102. The summed E-state index contributed by atoms with van der Waals surface area (Å²) in [6, 6.07) is 5.16. The van der Waals surface area contributed by atoms with Gasteiger partial charge in [0.25, 0.3) is 5.91 Å². The quantitative estimate of drug-likeness (QED) is 0.556. The molecule has 0 radical (unpaired) electrons. The summed E-state index contributed by atoms with van der Waals surface area (Å²) in [6.45, 7) is 3.70. The number of rotatable bonds is 0. The summed E-state index contributed by atoms with van der Waals surface area (Å²) in [7, 11) is 0. The van der Waals surface area contributed by atoms with E-state index in [4.69, 9.17) is 5.73 Å². The molecular formula is C9H8N2O. The number of hydrogen-bond acceptors (Lipinski definition) is 2. The molecule has 2 rings (SSSR count). The molecule has 1 amide bonds. The first-order chi connectivity index (χ1) is 5.68. The predicted octanol–water partition coefficient (Wildman–Crippen LogP) is 0.983. The molecule has 3 nitrogen and oxygen atoms in total. The highest BCUT2D eigenvalue weighted by Crippen LogP contribution is 2.24. The fraction of sp³-hybridized carbons (Fsp3) is 0. The van der Waals surface area contributed by atoms with Gasteiger partial charge in [-0.25, -0.2) is 0 Å². The van der Waals surface area contributed by atoms with Gasteiger partial charge in [0.2, 0.25) is 0 Å². The summed E-state index contributed by atoms with van der Waals surface area (Å²) >= 11 is 0. The van der Waals surface area contributed by atoms with Crippen LogP contribution in [0.2, 0.25) is 0 Å². The molecule has 0 spiro atoms. The number of hydrogen-bond donors (Lipinski definition) is 2. The summed E-state index contributed by atoms with van der Waals surface area (Å²) in [5.74, 6) is -0.102. The zero-order valence-corrected chi connectivity index (χ0v) is 6.42. The van der Waals surface area contributed by atoms with Gasteiger partial charge in [-0.15, -0.1) is 0 Å². The Morgan fingerprint density at radius 2 is 2.08 bits per heavy atom. The van der Waals surface area contributed by atoms with Crippen LogP contribution in [0.15, 0.2) is 24.8 Å². The number of benzene rings is 1. The monoisotopic (exact) mass is 160 g/mol. The van der Waals surface area contributed by atoms with Crippen LogP contribution >= 0.6 is 0 Å². The third kappa shape index (κ3) is 0.797. The molecule has 0 atom stereocenters. The van der Waals surface area contributed by atoms with E-state index < -0.39 is 0 Å². The van der Waals surface area contributed by atoms with E-state index in [-0.39, 0.29) is 5.91 Å². The lowest BCUT2D eigenvalue weighted by molar-refractivity contribution is 0.0981. The second-order valence-corrected chi connectivity index (χ2v) is 2.74. The first kappa shape index (κ1) is 6.91. The fourth-order valence-corrected chi connectivity index (χ4v) is 1.28. The SMILES string of the molecule is C=C1NC(=O)c2ccc(N)cc21. The van der Waals surface area contributed by atoms with Crippen LogP contribution in [0, 0.1) is 0 Å². The van der Waals surface area contributed by atoms with Gasteiger partial charge in [-0.1, -0.05) is 6.58 Å². The summed E-state index contributed by atoms with van der Waals surface area (Å²) < 4.78 is 0. The van der Waals surface area contributed by atoms with Crippen molar-refractivity contribution in [1.82, 2.24) is 5.32 Å². The molecule has 60 valence electrons. The number of carbonyl (C=O) groups is 1. The van der Waals surface area contributed by atoms with Crippen molar-refractivity contribution in [3.63, 3.8) is 0 Å². The Morgan fingerprint density at radius 3 is 2.83 bits per heavy atom. The van der Waals surface area contributed by atoms with Gasteiger partial charge >= 0.3 is 0 Å². The highest BCUT2D eigenvalue weighted by molar-refractivity contribution is 6.09. The second-order valence-electron chi connectivity index (χ2n) is 2.74. The molecule has 0 bridgehead atoms. The number of nitrogens with two attached hydrogens (primary N) is 1. The number of anilines is 1. The molecule has 3 heteroatoms. The highest BCUT2D eigenvalue weighted by atomic mass is 16.1. The van der Waals surface area contributed by atoms with Crippen LogP contribution in [-0.4, -0.2) is 5.91 Å². The minimum Gasteiger partial charge on any atom is -0.399 e. The summed E-state index contributed by atoms with van der Waals surface area (Å²) in [5, 5.41) is 2.62. The third-order valence-corrected chi connectivity index (χ3v) is 1.88. The Labute approximate surface area is 69.9 Å². The van der Waals surface area contributed by atoms with E-state index in [1.807, 2.05) is 0 Å². The van der Waals surface area contributed by atoms with E-state index in [9.17, 15) is 4.79 Å². The van der Waals surface area contributed by atoms with Crippen LogP contribution in [-0.2, 0) is 0 Å². The molecule has 0 unspecified atom stereocenters. The Bertz CT molecular complexity index is 382. The molecule has 0 aromatic heterocycles. The highest BCUT2D eigenvalue weighted by Gasteiger charge is 2.21. The Kier molecular flexibility index (Phi) is 1.21. The molecule has 3 N–H and O–H groups in total. The normalized spacial score (nSPS) is 14.3. The standard InChI is InChI=1S/C9H8N2O/c1-5-8-4-6(10)2-3-7(8)9(12)11-5/h2-4H,1,10H2,(H,11,12). The molecule has 0 aliphatic carbocycles. The van der Waals surface area contributed by atoms with E-state index >= 15 is 0 Å². The molecule has 1 aromatic rings. The lowest BCUT2D eigenvalue weighted by Gasteiger charge is -1.97. The van der Waals surface area contributed by atoms with Gasteiger partial charge in [0, 0.05) is 22.5 Å². The number of carbonyl (C=O) groups excluding carboxylic acids is 1. The van der Waals surface area contributed by atoms with Gasteiger partial charge < -0.3 is 11.1 Å². The lowest BCUT2D eigenvalue weighted by atomic mass is 10.1. The Morgan fingerprint density at radius 1 is 1.33 bits per heavy atom. The molecule has 1 aliphatic rings. The Balaban J connectivity index is 2.68.